The molecule has 1 aliphatic rings. The second kappa shape index (κ2) is 5.19. The summed E-state index contributed by atoms with van der Waals surface area (Å²) >= 11 is 0. The summed E-state index contributed by atoms with van der Waals surface area (Å²) in [5.74, 6) is 0.108. The van der Waals surface area contributed by atoms with Gasteiger partial charge in [0, 0.05) is 11.6 Å². The molecule has 2 aromatic carbocycles. The Morgan fingerprint density at radius 3 is 2.43 bits per heavy atom. The molecular weight excluding hydrogens is 311 g/mol. The molecule has 0 bridgehead atoms. The number of alkyl halides is 3. The Bertz CT molecular complexity index is 746. The van der Waals surface area contributed by atoms with E-state index in [1.807, 2.05) is 5.32 Å². The highest BCUT2D eigenvalue weighted by Crippen LogP contribution is 2.49. The van der Waals surface area contributed by atoms with Crippen molar-refractivity contribution in [2.24, 2.45) is 0 Å². The first-order chi connectivity index (χ1) is 10.9. The molecule has 0 saturated heterocycles. The first-order valence-electron chi connectivity index (χ1n) is 6.69. The standard InChI is InChI=1S/C16H12F3NO3/c1-22-11-7-8-12-13(9-11)23-14(21)20-15(12,16(17,18)19)10-5-3-2-4-6-10/h2-9H,1H3,(H,20,21)/t15-/m1/s1. The van der Waals surface area contributed by atoms with Crippen LogP contribution in [0.25, 0.3) is 0 Å². The van der Waals surface area contributed by atoms with Gasteiger partial charge in [-0.3, -0.25) is 5.32 Å². The number of fused-ring (bicyclic) bond motifs is 1. The maximum atomic E-state index is 14.0. The first kappa shape index (κ1) is 15.2. The predicted octanol–water partition coefficient (Wildman–Crippen LogP) is 3.60. The highest BCUT2D eigenvalue weighted by atomic mass is 19.4. The molecule has 0 radical (unpaired) electrons. The van der Waals surface area contributed by atoms with Gasteiger partial charge in [-0.05, 0) is 17.7 Å². The molecule has 0 aromatic heterocycles. The van der Waals surface area contributed by atoms with E-state index in [0.717, 1.165) is 0 Å². The van der Waals surface area contributed by atoms with Crippen molar-refractivity contribution in [1.29, 1.82) is 0 Å². The molecule has 120 valence electrons. The van der Waals surface area contributed by atoms with E-state index in [-0.39, 0.29) is 16.9 Å². The van der Waals surface area contributed by atoms with Crippen LogP contribution < -0.4 is 14.8 Å². The van der Waals surface area contributed by atoms with Gasteiger partial charge in [0.1, 0.15) is 11.5 Å². The lowest BCUT2D eigenvalue weighted by molar-refractivity contribution is -0.187. The molecule has 2 aromatic rings. The van der Waals surface area contributed by atoms with Gasteiger partial charge < -0.3 is 9.47 Å². The number of carbonyl (C=O) groups excluding carboxylic acids is 1. The van der Waals surface area contributed by atoms with Gasteiger partial charge in [0.25, 0.3) is 0 Å². The monoisotopic (exact) mass is 323 g/mol. The van der Waals surface area contributed by atoms with E-state index >= 15 is 0 Å². The van der Waals surface area contributed by atoms with Crippen LogP contribution in [0.3, 0.4) is 0 Å². The molecule has 0 aliphatic carbocycles. The molecule has 1 atom stereocenters. The summed E-state index contributed by atoms with van der Waals surface area (Å²) < 4.78 is 51.9. The van der Waals surface area contributed by atoms with Crippen molar-refractivity contribution in [2.75, 3.05) is 7.11 Å². The summed E-state index contributed by atoms with van der Waals surface area (Å²) in [4.78, 5) is 11.8. The van der Waals surface area contributed by atoms with E-state index in [9.17, 15) is 18.0 Å². The Balaban J connectivity index is 2.32. The molecule has 4 nitrogen and oxygen atoms in total. The van der Waals surface area contributed by atoms with Gasteiger partial charge in [0.2, 0.25) is 0 Å². The van der Waals surface area contributed by atoms with E-state index in [1.54, 1.807) is 6.07 Å². The first-order valence-corrected chi connectivity index (χ1v) is 6.69. The van der Waals surface area contributed by atoms with Crippen molar-refractivity contribution in [3.05, 3.63) is 59.7 Å². The second-order valence-corrected chi connectivity index (χ2v) is 4.99. The largest absolute Gasteiger partial charge is 0.497 e. The van der Waals surface area contributed by atoms with Crippen molar-refractivity contribution in [1.82, 2.24) is 5.32 Å². The van der Waals surface area contributed by atoms with Crippen molar-refractivity contribution in [2.45, 2.75) is 11.7 Å². The van der Waals surface area contributed by atoms with Gasteiger partial charge in [-0.25, -0.2) is 4.79 Å². The zero-order chi connectivity index (χ0) is 16.7. The minimum absolute atomic E-state index is 0.101. The summed E-state index contributed by atoms with van der Waals surface area (Å²) in [7, 11) is 1.37. The fourth-order valence-corrected chi connectivity index (χ4v) is 2.67. The van der Waals surface area contributed by atoms with Crippen LogP contribution in [0.4, 0.5) is 18.0 Å². The summed E-state index contributed by atoms with van der Waals surface area (Å²) in [6.45, 7) is 0. The number of methoxy groups -OCH3 is 1. The van der Waals surface area contributed by atoms with Crippen molar-refractivity contribution in [3.63, 3.8) is 0 Å². The normalized spacial score (nSPS) is 20.3. The second-order valence-electron chi connectivity index (χ2n) is 4.99. The fourth-order valence-electron chi connectivity index (χ4n) is 2.67. The molecule has 7 heteroatoms. The van der Waals surface area contributed by atoms with E-state index in [1.165, 1.54) is 49.6 Å². The number of ether oxygens (including phenoxy) is 2. The van der Waals surface area contributed by atoms with Crippen LogP contribution in [0, 0.1) is 0 Å². The predicted molar refractivity (Wildman–Crippen MR) is 75.4 cm³/mol. The lowest BCUT2D eigenvalue weighted by Crippen LogP contribution is -2.60. The molecule has 0 unspecified atom stereocenters. The molecule has 0 spiro atoms. The minimum atomic E-state index is -4.77. The van der Waals surface area contributed by atoms with E-state index in [0.29, 0.717) is 5.75 Å². The number of hydrogen-bond acceptors (Lipinski definition) is 3. The fraction of sp³-hybridized carbons (Fsp3) is 0.188. The topological polar surface area (TPSA) is 47.6 Å². The van der Waals surface area contributed by atoms with Crippen LogP contribution >= 0.6 is 0 Å². The number of benzene rings is 2. The van der Waals surface area contributed by atoms with Crippen LogP contribution in [0.1, 0.15) is 11.1 Å². The van der Waals surface area contributed by atoms with Crippen LogP contribution in [-0.4, -0.2) is 19.4 Å². The van der Waals surface area contributed by atoms with Gasteiger partial charge in [-0.2, -0.15) is 13.2 Å². The maximum Gasteiger partial charge on any atom is 0.420 e. The minimum Gasteiger partial charge on any atom is -0.497 e. The molecule has 1 heterocycles. The van der Waals surface area contributed by atoms with Crippen molar-refractivity contribution < 1.29 is 27.4 Å². The number of rotatable bonds is 2. The van der Waals surface area contributed by atoms with Crippen LogP contribution in [0.15, 0.2) is 48.5 Å². The van der Waals surface area contributed by atoms with E-state index in [4.69, 9.17) is 9.47 Å². The summed E-state index contributed by atoms with van der Waals surface area (Å²) in [6.07, 6.45) is -5.94. The maximum absolute atomic E-state index is 14.0. The van der Waals surface area contributed by atoms with Gasteiger partial charge in [-0.15, -0.1) is 0 Å². The summed E-state index contributed by atoms with van der Waals surface area (Å²) in [5.41, 5.74) is -2.97. The van der Waals surface area contributed by atoms with Gasteiger partial charge in [0.15, 0.2) is 5.54 Å². The third-order valence-corrected chi connectivity index (χ3v) is 3.72. The quantitative estimate of drug-likeness (QED) is 0.918. The summed E-state index contributed by atoms with van der Waals surface area (Å²) in [6, 6.07) is 11.1. The SMILES string of the molecule is COc1ccc2c(c1)OC(=O)N[C@@]2(c1ccccc1)C(F)(F)F. The van der Waals surface area contributed by atoms with Crippen LogP contribution in [0.2, 0.25) is 0 Å². The highest BCUT2D eigenvalue weighted by Gasteiger charge is 2.61. The molecule has 3 rings (SSSR count). The van der Waals surface area contributed by atoms with Gasteiger partial charge in [0.05, 0.1) is 7.11 Å². The van der Waals surface area contributed by atoms with E-state index in [2.05, 4.69) is 0 Å². The molecule has 0 saturated carbocycles. The Morgan fingerprint density at radius 2 is 1.83 bits per heavy atom. The Kier molecular flexibility index (Phi) is 3.43. The number of carbonyl (C=O) groups is 1. The van der Waals surface area contributed by atoms with Gasteiger partial charge >= 0.3 is 12.3 Å². The van der Waals surface area contributed by atoms with Gasteiger partial charge in [-0.1, -0.05) is 30.3 Å². The van der Waals surface area contributed by atoms with Crippen molar-refractivity contribution in [3.8, 4) is 11.5 Å². The Morgan fingerprint density at radius 1 is 1.13 bits per heavy atom. The summed E-state index contributed by atoms with van der Waals surface area (Å²) in [5, 5.41) is 1.95. The molecule has 1 N–H and O–H groups in total. The molecule has 23 heavy (non-hydrogen) atoms. The third kappa shape index (κ3) is 2.28. The molecule has 1 amide bonds. The number of halogens is 3. The third-order valence-electron chi connectivity index (χ3n) is 3.72. The van der Waals surface area contributed by atoms with Crippen LogP contribution in [-0.2, 0) is 5.54 Å². The molecule has 0 fully saturated rings. The number of nitrogens with one attached hydrogen (secondary N) is 1. The number of amides is 1. The average Bonchev–Trinajstić information content (AvgIpc) is 2.53. The Hall–Kier alpha value is -2.70. The van der Waals surface area contributed by atoms with E-state index < -0.39 is 17.8 Å². The lowest BCUT2D eigenvalue weighted by Gasteiger charge is -2.40. The zero-order valence-corrected chi connectivity index (χ0v) is 12.0. The average molecular weight is 323 g/mol. The lowest BCUT2D eigenvalue weighted by atomic mass is 9.80. The Labute approximate surface area is 129 Å². The smallest absolute Gasteiger partial charge is 0.420 e. The molecule has 1 aliphatic heterocycles. The zero-order valence-electron chi connectivity index (χ0n) is 12.0. The molecular formula is C16H12F3NO3. The van der Waals surface area contributed by atoms with Crippen LogP contribution in [0.5, 0.6) is 11.5 Å². The van der Waals surface area contributed by atoms with Crippen molar-refractivity contribution >= 4 is 6.09 Å². The number of hydrogen-bond donors (Lipinski definition) is 1. The highest BCUT2D eigenvalue weighted by molar-refractivity contribution is 5.77.